The number of methoxy groups -OCH3 is 1. The molecule has 9 heteroatoms. The van der Waals surface area contributed by atoms with Gasteiger partial charge in [-0.3, -0.25) is 0 Å². The maximum Gasteiger partial charge on any atom is 0.191 e. The first-order chi connectivity index (χ1) is 11.5. The molecule has 1 aromatic carbocycles. The number of aliphatic imine (C=N–C) groups is 1. The number of ether oxygens (including phenoxy) is 1. The van der Waals surface area contributed by atoms with Crippen LogP contribution in [-0.4, -0.2) is 34.4 Å². The molecule has 0 aliphatic carbocycles. The van der Waals surface area contributed by atoms with Crippen molar-refractivity contribution in [3.63, 3.8) is 0 Å². The number of benzene rings is 1. The Labute approximate surface area is 170 Å². The number of aromatic nitrogens is 3. The lowest BCUT2D eigenvalue weighted by molar-refractivity contribution is 0.415. The maximum atomic E-state index is 6.14. The summed E-state index contributed by atoms with van der Waals surface area (Å²) in [6.45, 7) is 5.77. The van der Waals surface area contributed by atoms with Gasteiger partial charge in [0.1, 0.15) is 11.6 Å². The lowest BCUT2D eigenvalue weighted by Crippen LogP contribution is -2.37. The molecule has 0 spiro atoms. The summed E-state index contributed by atoms with van der Waals surface area (Å²) in [4.78, 5) is 4.57. The minimum absolute atomic E-state index is 0. The highest BCUT2D eigenvalue weighted by atomic mass is 127. The van der Waals surface area contributed by atoms with Gasteiger partial charge in [0, 0.05) is 13.6 Å². The van der Waals surface area contributed by atoms with Crippen molar-refractivity contribution in [2.45, 2.75) is 26.9 Å². The SMILES string of the molecule is CCNC(=NCc1ccc(OC)c(Cl)c1)NCc1nnc(C)n1C.I. The third kappa shape index (κ3) is 6.03. The molecule has 2 aromatic rings. The molecular weight excluding hydrogens is 455 g/mol. The van der Waals surface area contributed by atoms with Crippen LogP contribution in [0, 0.1) is 6.92 Å². The largest absolute Gasteiger partial charge is 0.495 e. The molecule has 0 unspecified atom stereocenters. The van der Waals surface area contributed by atoms with E-state index in [1.807, 2.05) is 43.7 Å². The summed E-state index contributed by atoms with van der Waals surface area (Å²) in [5.74, 6) is 3.10. The van der Waals surface area contributed by atoms with Gasteiger partial charge in [0.2, 0.25) is 0 Å². The minimum atomic E-state index is 0. The number of halogens is 2. The van der Waals surface area contributed by atoms with Gasteiger partial charge in [-0.1, -0.05) is 17.7 Å². The average Bonchev–Trinajstić information content (AvgIpc) is 2.89. The summed E-state index contributed by atoms with van der Waals surface area (Å²) < 4.78 is 7.10. The molecule has 0 saturated carbocycles. The summed E-state index contributed by atoms with van der Waals surface area (Å²) in [6.07, 6.45) is 0. The van der Waals surface area contributed by atoms with E-state index in [1.165, 1.54) is 0 Å². The third-order valence-corrected chi connectivity index (χ3v) is 3.87. The van der Waals surface area contributed by atoms with E-state index >= 15 is 0 Å². The van der Waals surface area contributed by atoms with Gasteiger partial charge in [0.05, 0.1) is 25.2 Å². The Hall–Kier alpha value is -1.55. The average molecular weight is 479 g/mol. The summed E-state index contributed by atoms with van der Waals surface area (Å²) in [5.41, 5.74) is 1.01. The van der Waals surface area contributed by atoms with Crippen LogP contribution < -0.4 is 15.4 Å². The second kappa shape index (κ2) is 10.4. The molecule has 0 atom stereocenters. The lowest BCUT2D eigenvalue weighted by atomic mass is 10.2. The van der Waals surface area contributed by atoms with Gasteiger partial charge < -0.3 is 19.9 Å². The molecule has 2 N–H and O–H groups in total. The van der Waals surface area contributed by atoms with Crippen molar-refractivity contribution in [2.24, 2.45) is 12.0 Å². The van der Waals surface area contributed by atoms with Gasteiger partial charge in [-0.2, -0.15) is 0 Å². The predicted molar refractivity (Wildman–Crippen MR) is 111 cm³/mol. The Balaban J connectivity index is 0.00000312. The highest BCUT2D eigenvalue weighted by molar-refractivity contribution is 14.0. The van der Waals surface area contributed by atoms with E-state index < -0.39 is 0 Å². The fraction of sp³-hybridized carbons (Fsp3) is 0.438. The highest BCUT2D eigenvalue weighted by Crippen LogP contribution is 2.25. The zero-order valence-electron chi connectivity index (χ0n) is 14.8. The highest BCUT2D eigenvalue weighted by Gasteiger charge is 2.06. The molecular formula is C16H24ClIN6O. The summed E-state index contributed by atoms with van der Waals surface area (Å²) in [5, 5.41) is 15.2. The third-order valence-electron chi connectivity index (χ3n) is 3.58. The number of guanidine groups is 1. The topological polar surface area (TPSA) is 76.4 Å². The first kappa shape index (κ1) is 21.5. The first-order valence-corrected chi connectivity index (χ1v) is 8.12. The maximum absolute atomic E-state index is 6.14. The minimum Gasteiger partial charge on any atom is -0.495 e. The predicted octanol–water partition coefficient (Wildman–Crippen LogP) is 2.66. The van der Waals surface area contributed by atoms with E-state index in [4.69, 9.17) is 16.3 Å². The monoisotopic (exact) mass is 478 g/mol. The van der Waals surface area contributed by atoms with Crippen LogP contribution in [0.5, 0.6) is 5.75 Å². The molecule has 1 heterocycles. The fourth-order valence-corrected chi connectivity index (χ4v) is 2.37. The van der Waals surface area contributed by atoms with E-state index in [0.717, 1.165) is 23.8 Å². The summed E-state index contributed by atoms with van der Waals surface area (Å²) >= 11 is 6.14. The molecule has 25 heavy (non-hydrogen) atoms. The molecule has 0 amide bonds. The van der Waals surface area contributed by atoms with Crippen molar-refractivity contribution in [3.05, 3.63) is 40.4 Å². The van der Waals surface area contributed by atoms with Crippen LogP contribution in [0.2, 0.25) is 5.02 Å². The van der Waals surface area contributed by atoms with Crippen LogP contribution in [0.1, 0.15) is 24.1 Å². The van der Waals surface area contributed by atoms with Gasteiger partial charge in [0.25, 0.3) is 0 Å². The number of hydrogen-bond acceptors (Lipinski definition) is 4. The number of rotatable bonds is 6. The lowest BCUT2D eigenvalue weighted by Gasteiger charge is -2.11. The van der Waals surface area contributed by atoms with Crippen molar-refractivity contribution < 1.29 is 4.74 Å². The van der Waals surface area contributed by atoms with E-state index in [-0.39, 0.29) is 24.0 Å². The molecule has 7 nitrogen and oxygen atoms in total. The molecule has 2 rings (SSSR count). The van der Waals surface area contributed by atoms with Crippen molar-refractivity contribution in [1.29, 1.82) is 0 Å². The van der Waals surface area contributed by atoms with Crippen molar-refractivity contribution in [3.8, 4) is 5.75 Å². The van der Waals surface area contributed by atoms with E-state index in [9.17, 15) is 0 Å². The van der Waals surface area contributed by atoms with Crippen molar-refractivity contribution >= 4 is 41.5 Å². The first-order valence-electron chi connectivity index (χ1n) is 7.74. The van der Waals surface area contributed by atoms with Crippen LogP contribution in [0.25, 0.3) is 0 Å². The fourth-order valence-electron chi connectivity index (χ4n) is 2.09. The van der Waals surface area contributed by atoms with Gasteiger partial charge in [-0.05, 0) is 31.5 Å². The van der Waals surface area contributed by atoms with Crippen molar-refractivity contribution in [1.82, 2.24) is 25.4 Å². The van der Waals surface area contributed by atoms with Crippen LogP contribution in [0.3, 0.4) is 0 Å². The Morgan fingerprint density at radius 2 is 2.08 bits per heavy atom. The zero-order valence-corrected chi connectivity index (χ0v) is 17.9. The molecule has 0 aliphatic heterocycles. The van der Waals surface area contributed by atoms with Crippen molar-refractivity contribution in [2.75, 3.05) is 13.7 Å². The Kier molecular flexibility index (Phi) is 8.98. The Morgan fingerprint density at radius 1 is 1.32 bits per heavy atom. The Bertz CT molecular complexity index is 719. The zero-order chi connectivity index (χ0) is 17.5. The Morgan fingerprint density at radius 3 is 2.64 bits per heavy atom. The second-order valence-electron chi connectivity index (χ2n) is 5.24. The van der Waals surface area contributed by atoms with Crippen LogP contribution in [0.15, 0.2) is 23.2 Å². The number of nitrogens with zero attached hydrogens (tertiary/aromatic N) is 4. The quantitative estimate of drug-likeness (QED) is 0.379. The smallest absolute Gasteiger partial charge is 0.191 e. The summed E-state index contributed by atoms with van der Waals surface area (Å²) in [7, 11) is 3.54. The van der Waals surface area contributed by atoms with E-state index in [1.54, 1.807) is 7.11 Å². The number of hydrogen-bond donors (Lipinski definition) is 2. The van der Waals surface area contributed by atoms with Gasteiger partial charge >= 0.3 is 0 Å². The molecule has 138 valence electrons. The normalized spacial score (nSPS) is 11.0. The van der Waals surface area contributed by atoms with Gasteiger partial charge in [0.15, 0.2) is 11.8 Å². The van der Waals surface area contributed by atoms with E-state index in [0.29, 0.717) is 29.8 Å². The number of aryl methyl sites for hydroxylation is 1. The van der Waals surface area contributed by atoms with Crippen LogP contribution in [0.4, 0.5) is 0 Å². The standard InChI is InChI=1S/C16H23ClN6O.HI/c1-5-18-16(20-10-15-22-21-11(2)23(15)3)19-9-12-6-7-14(24-4)13(17)8-12;/h6-8H,5,9-10H2,1-4H3,(H2,18,19,20);1H. The van der Waals surface area contributed by atoms with Gasteiger partial charge in [-0.15, -0.1) is 34.2 Å². The summed E-state index contributed by atoms with van der Waals surface area (Å²) in [6, 6.07) is 5.65. The molecule has 0 bridgehead atoms. The molecule has 0 radical (unpaired) electrons. The van der Waals surface area contributed by atoms with Gasteiger partial charge in [-0.25, -0.2) is 4.99 Å². The molecule has 0 saturated heterocycles. The second-order valence-corrected chi connectivity index (χ2v) is 5.65. The molecule has 0 fully saturated rings. The van der Waals surface area contributed by atoms with Crippen LogP contribution in [-0.2, 0) is 20.1 Å². The number of nitrogens with one attached hydrogen (secondary N) is 2. The van der Waals surface area contributed by atoms with Crippen LogP contribution >= 0.6 is 35.6 Å². The molecule has 1 aromatic heterocycles. The van der Waals surface area contributed by atoms with E-state index in [2.05, 4.69) is 25.8 Å². The molecule has 0 aliphatic rings.